The zero-order valence-corrected chi connectivity index (χ0v) is 9.50. The molecule has 1 aromatic heterocycles. The third-order valence-corrected chi connectivity index (χ3v) is 2.63. The Bertz CT molecular complexity index is 496. The lowest BCUT2D eigenvalue weighted by atomic mass is 10.3. The number of benzene rings is 1. The van der Waals surface area contributed by atoms with E-state index in [9.17, 15) is 4.39 Å². The van der Waals surface area contributed by atoms with Gasteiger partial charge in [-0.1, -0.05) is 17.7 Å². The van der Waals surface area contributed by atoms with Crippen molar-refractivity contribution in [1.82, 2.24) is 9.78 Å². The van der Waals surface area contributed by atoms with Gasteiger partial charge in [-0.2, -0.15) is 5.10 Å². The topological polar surface area (TPSA) is 29.9 Å². The number of hydrogen-bond donors (Lipinski definition) is 1. The average molecular weight is 240 g/mol. The Hall–Kier alpha value is -1.55. The smallest absolute Gasteiger partial charge is 0.164 e. The molecule has 0 aliphatic heterocycles. The molecule has 1 N–H and O–H groups in total. The Balaban J connectivity index is 2.11. The van der Waals surface area contributed by atoms with Gasteiger partial charge in [-0.3, -0.25) is 4.68 Å². The van der Waals surface area contributed by atoms with Gasteiger partial charge in [0.05, 0.1) is 22.9 Å². The highest BCUT2D eigenvalue weighted by Gasteiger charge is 2.06. The SMILES string of the molecule is Cn1nccc1CNc1cccc(Cl)c1F. The van der Waals surface area contributed by atoms with E-state index in [4.69, 9.17) is 11.6 Å². The predicted molar refractivity (Wildman–Crippen MR) is 61.9 cm³/mol. The highest BCUT2D eigenvalue weighted by molar-refractivity contribution is 6.31. The van der Waals surface area contributed by atoms with Crippen molar-refractivity contribution in [2.75, 3.05) is 5.32 Å². The highest BCUT2D eigenvalue weighted by Crippen LogP contribution is 2.22. The van der Waals surface area contributed by atoms with Crippen molar-refractivity contribution in [1.29, 1.82) is 0 Å². The number of rotatable bonds is 3. The molecule has 0 bridgehead atoms. The van der Waals surface area contributed by atoms with E-state index in [0.29, 0.717) is 12.2 Å². The van der Waals surface area contributed by atoms with E-state index in [1.807, 2.05) is 13.1 Å². The molecule has 0 unspecified atom stereocenters. The first-order valence-electron chi connectivity index (χ1n) is 4.83. The zero-order chi connectivity index (χ0) is 11.5. The number of halogens is 2. The minimum Gasteiger partial charge on any atom is -0.377 e. The van der Waals surface area contributed by atoms with E-state index in [0.717, 1.165) is 5.69 Å². The predicted octanol–water partition coefficient (Wildman–Crippen LogP) is 2.82. The summed E-state index contributed by atoms with van der Waals surface area (Å²) < 4.78 is 15.2. The molecule has 0 amide bonds. The van der Waals surface area contributed by atoms with Gasteiger partial charge in [-0.25, -0.2) is 4.39 Å². The van der Waals surface area contributed by atoms with E-state index in [1.165, 1.54) is 6.07 Å². The lowest BCUT2D eigenvalue weighted by Crippen LogP contribution is -2.06. The largest absolute Gasteiger partial charge is 0.377 e. The second-order valence-corrected chi connectivity index (χ2v) is 3.81. The Morgan fingerprint density at radius 1 is 1.44 bits per heavy atom. The summed E-state index contributed by atoms with van der Waals surface area (Å²) in [6.45, 7) is 0.508. The van der Waals surface area contributed by atoms with Crippen LogP contribution in [0.15, 0.2) is 30.5 Å². The van der Waals surface area contributed by atoms with Crippen LogP contribution < -0.4 is 5.32 Å². The molecular formula is C11H11ClFN3. The Morgan fingerprint density at radius 3 is 2.94 bits per heavy atom. The van der Waals surface area contributed by atoms with Crippen LogP contribution >= 0.6 is 11.6 Å². The normalized spacial score (nSPS) is 10.4. The van der Waals surface area contributed by atoms with Crippen LogP contribution in [0.1, 0.15) is 5.69 Å². The maximum absolute atomic E-state index is 13.5. The lowest BCUT2D eigenvalue weighted by Gasteiger charge is -2.08. The molecule has 3 nitrogen and oxygen atoms in total. The molecular weight excluding hydrogens is 229 g/mol. The Labute approximate surface area is 97.8 Å². The average Bonchev–Trinajstić information content (AvgIpc) is 2.67. The fraction of sp³-hybridized carbons (Fsp3) is 0.182. The summed E-state index contributed by atoms with van der Waals surface area (Å²) in [5, 5.41) is 7.12. The molecule has 1 aromatic carbocycles. The van der Waals surface area contributed by atoms with E-state index < -0.39 is 5.82 Å². The zero-order valence-electron chi connectivity index (χ0n) is 8.74. The molecule has 0 saturated heterocycles. The van der Waals surface area contributed by atoms with E-state index in [1.54, 1.807) is 23.0 Å². The second kappa shape index (κ2) is 4.53. The van der Waals surface area contributed by atoms with Crippen molar-refractivity contribution < 1.29 is 4.39 Å². The third kappa shape index (κ3) is 2.17. The van der Waals surface area contributed by atoms with Crippen molar-refractivity contribution >= 4 is 17.3 Å². The number of hydrogen-bond acceptors (Lipinski definition) is 2. The van der Waals surface area contributed by atoms with Crippen LogP contribution in [-0.2, 0) is 13.6 Å². The van der Waals surface area contributed by atoms with Crippen LogP contribution in [0, 0.1) is 5.82 Å². The van der Waals surface area contributed by atoms with Crippen molar-refractivity contribution in [3.63, 3.8) is 0 Å². The van der Waals surface area contributed by atoms with Gasteiger partial charge in [0.1, 0.15) is 0 Å². The number of anilines is 1. The van der Waals surface area contributed by atoms with E-state index in [-0.39, 0.29) is 5.02 Å². The summed E-state index contributed by atoms with van der Waals surface area (Å²) >= 11 is 5.67. The summed E-state index contributed by atoms with van der Waals surface area (Å²) in [7, 11) is 1.84. The highest BCUT2D eigenvalue weighted by atomic mass is 35.5. The van der Waals surface area contributed by atoms with Gasteiger partial charge in [0.15, 0.2) is 5.82 Å². The molecule has 0 aliphatic rings. The number of aromatic nitrogens is 2. The van der Waals surface area contributed by atoms with Crippen molar-refractivity contribution in [2.24, 2.45) is 7.05 Å². The summed E-state index contributed by atoms with van der Waals surface area (Å²) in [5.41, 5.74) is 1.37. The van der Waals surface area contributed by atoms with Gasteiger partial charge in [0, 0.05) is 13.2 Å². The standard InChI is InChI=1S/C11H11ClFN3/c1-16-8(5-6-15-16)7-14-10-4-2-3-9(12)11(10)13/h2-6,14H,7H2,1H3. The molecule has 0 spiro atoms. The molecule has 16 heavy (non-hydrogen) atoms. The maximum Gasteiger partial charge on any atom is 0.164 e. The Morgan fingerprint density at radius 2 is 2.25 bits per heavy atom. The maximum atomic E-state index is 13.5. The molecule has 2 aromatic rings. The van der Waals surface area contributed by atoms with Crippen molar-refractivity contribution in [3.05, 3.63) is 47.0 Å². The van der Waals surface area contributed by atoms with Crippen LogP contribution in [-0.4, -0.2) is 9.78 Å². The second-order valence-electron chi connectivity index (χ2n) is 3.40. The van der Waals surface area contributed by atoms with E-state index in [2.05, 4.69) is 10.4 Å². The minimum absolute atomic E-state index is 0.120. The van der Waals surface area contributed by atoms with Gasteiger partial charge in [-0.15, -0.1) is 0 Å². The first-order valence-corrected chi connectivity index (χ1v) is 5.21. The van der Waals surface area contributed by atoms with Crippen LogP contribution in [0.3, 0.4) is 0 Å². The fourth-order valence-corrected chi connectivity index (χ4v) is 1.58. The monoisotopic (exact) mass is 239 g/mol. The van der Waals surface area contributed by atoms with Gasteiger partial charge >= 0.3 is 0 Å². The van der Waals surface area contributed by atoms with Crippen LogP contribution in [0.5, 0.6) is 0 Å². The van der Waals surface area contributed by atoms with Gasteiger partial charge in [-0.05, 0) is 18.2 Å². The molecule has 84 valence electrons. The van der Waals surface area contributed by atoms with Crippen molar-refractivity contribution in [3.8, 4) is 0 Å². The molecule has 5 heteroatoms. The minimum atomic E-state index is -0.425. The first-order chi connectivity index (χ1) is 7.68. The molecule has 0 radical (unpaired) electrons. The molecule has 0 saturated carbocycles. The lowest BCUT2D eigenvalue weighted by molar-refractivity contribution is 0.629. The van der Waals surface area contributed by atoms with Crippen LogP contribution in [0.25, 0.3) is 0 Å². The Kier molecular flexibility index (Phi) is 3.10. The summed E-state index contributed by atoms with van der Waals surface area (Å²) in [6.07, 6.45) is 1.70. The summed E-state index contributed by atoms with van der Waals surface area (Å²) in [4.78, 5) is 0. The quantitative estimate of drug-likeness (QED) is 0.893. The summed E-state index contributed by atoms with van der Waals surface area (Å²) in [5.74, 6) is -0.425. The van der Waals surface area contributed by atoms with E-state index >= 15 is 0 Å². The van der Waals surface area contributed by atoms with Gasteiger partial charge in [0.2, 0.25) is 0 Å². The van der Waals surface area contributed by atoms with Crippen molar-refractivity contribution in [2.45, 2.75) is 6.54 Å². The van der Waals surface area contributed by atoms with Crippen LogP contribution in [0.4, 0.5) is 10.1 Å². The molecule has 0 aliphatic carbocycles. The van der Waals surface area contributed by atoms with Crippen LogP contribution in [0.2, 0.25) is 5.02 Å². The van der Waals surface area contributed by atoms with Gasteiger partial charge in [0.25, 0.3) is 0 Å². The molecule has 2 rings (SSSR count). The van der Waals surface area contributed by atoms with Gasteiger partial charge < -0.3 is 5.32 Å². The number of aryl methyl sites for hydroxylation is 1. The number of nitrogens with zero attached hydrogens (tertiary/aromatic N) is 2. The molecule has 0 fully saturated rings. The third-order valence-electron chi connectivity index (χ3n) is 2.33. The first kappa shape index (κ1) is 11.0. The fourth-order valence-electron chi connectivity index (χ4n) is 1.40. The molecule has 1 heterocycles. The summed E-state index contributed by atoms with van der Waals surface area (Å²) in [6, 6.07) is 6.75. The number of nitrogens with one attached hydrogen (secondary N) is 1. The molecule has 0 atom stereocenters.